The topological polar surface area (TPSA) is 53.1 Å². The fraction of sp³-hybridized carbons (Fsp3) is 0.769. The summed E-state index contributed by atoms with van der Waals surface area (Å²) in [6, 6.07) is 0. The summed E-state index contributed by atoms with van der Waals surface area (Å²) in [6.45, 7) is 8.58. The van der Waals surface area contributed by atoms with Crippen molar-refractivity contribution in [3.8, 4) is 5.88 Å². The van der Waals surface area contributed by atoms with Crippen LogP contribution in [0.2, 0.25) is 0 Å². The van der Waals surface area contributed by atoms with Crippen LogP contribution in [0.4, 0.5) is 5.69 Å². The highest BCUT2D eigenvalue weighted by Gasteiger charge is 2.16. The minimum atomic E-state index is 0.169. The van der Waals surface area contributed by atoms with Crippen LogP contribution in [0.1, 0.15) is 46.2 Å². The zero-order valence-electron chi connectivity index (χ0n) is 11.7. The molecule has 98 valence electrons. The van der Waals surface area contributed by atoms with Crippen molar-refractivity contribution in [2.24, 2.45) is 13.0 Å². The van der Waals surface area contributed by atoms with Gasteiger partial charge in [-0.25, -0.2) is 4.68 Å². The smallest absolute Gasteiger partial charge is 0.236 e. The molecule has 0 bridgehead atoms. The van der Waals surface area contributed by atoms with Crippen molar-refractivity contribution in [3.05, 3.63) is 5.69 Å². The van der Waals surface area contributed by atoms with Gasteiger partial charge in [0.05, 0.1) is 11.8 Å². The van der Waals surface area contributed by atoms with E-state index in [1.165, 1.54) is 0 Å². The highest BCUT2D eigenvalue weighted by molar-refractivity contribution is 5.53. The van der Waals surface area contributed by atoms with Gasteiger partial charge in [0, 0.05) is 7.05 Å². The monoisotopic (exact) mass is 239 g/mol. The molecule has 0 saturated carbocycles. The van der Waals surface area contributed by atoms with E-state index in [4.69, 9.17) is 10.5 Å². The molecule has 0 aliphatic heterocycles. The number of nitrogens with two attached hydrogens (primary N) is 1. The summed E-state index contributed by atoms with van der Waals surface area (Å²) in [5, 5.41) is 4.40. The molecule has 1 rings (SSSR count). The van der Waals surface area contributed by atoms with Crippen molar-refractivity contribution in [1.29, 1.82) is 0 Å². The largest absolute Gasteiger partial charge is 0.473 e. The first-order valence-corrected chi connectivity index (χ1v) is 6.43. The van der Waals surface area contributed by atoms with Crippen LogP contribution in [0.3, 0.4) is 0 Å². The minimum absolute atomic E-state index is 0.169. The Balaban J connectivity index is 2.76. The summed E-state index contributed by atoms with van der Waals surface area (Å²) in [7, 11) is 1.88. The van der Waals surface area contributed by atoms with Crippen LogP contribution in [0, 0.1) is 5.92 Å². The molecule has 0 aromatic carbocycles. The summed E-state index contributed by atoms with van der Waals surface area (Å²) in [5.74, 6) is 1.33. The molecular weight excluding hydrogens is 214 g/mol. The molecule has 2 N–H and O–H groups in total. The number of hydrogen-bond donors (Lipinski definition) is 1. The van der Waals surface area contributed by atoms with Crippen LogP contribution in [-0.2, 0) is 13.5 Å². The molecule has 0 spiro atoms. The maximum absolute atomic E-state index is 6.06. The Hall–Kier alpha value is -1.19. The summed E-state index contributed by atoms with van der Waals surface area (Å²) in [6.07, 6.45) is 3.14. The van der Waals surface area contributed by atoms with Gasteiger partial charge in [-0.1, -0.05) is 27.2 Å². The van der Waals surface area contributed by atoms with Crippen LogP contribution >= 0.6 is 0 Å². The van der Waals surface area contributed by atoms with Crippen molar-refractivity contribution in [2.45, 2.75) is 53.1 Å². The third kappa shape index (κ3) is 3.65. The van der Waals surface area contributed by atoms with Gasteiger partial charge in [-0.05, 0) is 25.7 Å². The lowest BCUT2D eigenvalue weighted by atomic mass is 10.1. The van der Waals surface area contributed by atoms with Crippen LogP contribution in [-0.4, -0.2) is 15.9 Å². The second-order valence-corrected chi connectivity index (χ2v) is 5.10. The van der Waals surface area contributed by atoms with Crippen molar-refractivity contribution in [3.63, 3.8) is 0 Å². The molecule has 1 atom stereocenters. The van der Waals surface area contributed by atoms with Crippen molar-refractivity contribution < 1.29 is 4.74 Å². The van der Waals surface area contributed by atoms with Gasteiger partial charge in [-0.15, -0.1) is 0 Å². The Labute approximate surface area is 104 Å². The lowest BCUT2D eigenvalue weighted by molar-refractivity contribution is 0.178. The summed E-state index contributed by atoms with van der Waals surface area (Å²) in [4.78, 5) is 0. The number of rotatable bonds is 6. The van der Waals surface area contributed by atoms with Crippen molar-refractivity contribution in [2.75, 3.05) is 5.73 Å². The second-order valence-electron chi connectivity index (χ2n) is 5.10. The lowest BCUT2D eigenvalue weighted by Gasteiger charge is -2.16. The SMILES string of the molecule is CCCc1nn(C)c(OC(C)CC(C)C)c1N. The first kappa shape index (κ1) is 13.9. The number of ether oxygens (including phenoxy) is 1. The number of aryl methyl sites for hydroxylation is 2. The predicted octanol–water partition coefficient (Wildman–Crippen LogP) is 2.77. The Morgan fingerprint density at radius 2 is 2.00 bits per heavy atom. The van der Waals surface area contributed by atoms with Gasteiger partial charge in [0.2, 0.25) is 5.88 Å². The molecule has 0 aliphatic carbocycles. The van der Waals surface area contributed by atoms with E-state index >= 15 is 0 Å². The quantitative estimate of drug-likeness (QED) is 0.830. The molecule has 1 unspecified atom stereocenters. The van der Waals surface area contributed by atoms with Crippen molar-refractivity contribution >= 4 is 5.69 Å². The van der Waals surface area contributed by atoms with Crippen LogP contribution < -0.4 is 10.5 Å². The van der Waals surface area contributed by atoms with E-state index in [0.717, 1.165) is 25.0 Å². The maximum atomic E-state index is 6.06. The lowest BCUT2D eigenvalue weighted by Crippen LogP contribution is -2.16. The molecule has 0 aliphatic rings. The number of anilines is 1. The van der Waals surface area contributed by atoms with Crippen molar-refractivity contribution in [1.82, 2.24) is 9.78 Å². The minimum Gasteiger partial charge on any atom is -0.473 e. The Bertz CT molecular complexity index is 358. The van der Waals surface area contributed by atoms with Gasteiger partial charge < -0.3 is 10.5 Å². The van der Waals surface area contributed by atoms with Gasteiger partial charge in [-0.3, -0.25) is 0 Å². The zero-order chi connectivity index (χ0) is 13.0. The average Bonchev–Trinajstić information content (AvgIpc) is 2.45. The number of nitrogen functional groups attached to an aromatic ring is 1. The highest BCUT2D eigenvalue weighted by Crippen LogP contribution is 2.27. The van der Waals surface area contributed by atoms with Gasteiger partial charge >= 0.3 is 0 Å². The fourth-order valence-electron chi connectivity index (χ4n) is 2.04. The molecule has 0 saturated heterocycles. The van der Waals surface area contributed by atoms with Gasteiger partial charge in [0.25, 0.3) is 0 Å². The number of hydrogen-bond acceptors (Lipinski definition) is 3. The molecule has 4 nitrogen and oxygen atoms in total. The molecule has 0 fully saturated rings. The van der Waals surface area contributed by atoms with Gasteiger partial charge in [-0.2, -0.15) is 5.10 Å². The number of nitrogens with zero attached hydrogens (tertiary/aromatic N) is 2. The fourth-order valence-corrected chi connectivity index (χ4v) is 2.04. The average molecular weight is 239 g/mol. The molecule has 0 radical (unpaired) electrons. The van der Waals surface area contributed by atoms with Gasteiger partial charge in [0.1, 0.15) is 5.69 Å². The summed E-state index contributed by atoms with van der Waals surface area (Å²) < 4.78 is 7.64. The van der Waals surface area contributed by atoms with E-state index in [2.05, 4.69) is 32.8 Å². The van der Waals surface area contributed by atoms with Crippen LogP contribution in [0.5, 0.6) is 5.88 Å². The van der Waals surface area contributed by atoms with E-state index in [1.54, 1.807) is 4.68 Å². The molecule has 0 amide bonds. The van der Waals surface area contributed by atoms with E-state index < -0.39 is 0 Å². The highest BCUT2D eigenvalue weighted by atomic mass is 16.5. The Morgan fingerprint density at radius 3 is 2.53 bits per heavy atom. The molecular formula is C13H25N3O. The normalized spacial score (nSPS) is 13.1. The van der Waals surface area contributed by atoms with Crippen LogP contribution in [0.25, 0.3) is 0 Å². The van der Waals surface area contributed by atoms with E-state index in [0.29, 0.717) is 17.5 Å². The first-order chi connectivity index (χ1) is 7.95. The van der Waals surface area contributed by atoms with E-state index in [-0.39, 0.29) is 6.10 Å². The third-order valence-electron chi connectivity index (χ3n) is 2.71. The Kier molecular flexibility index (Phi) is 4.85. The molecule has 1 aromatic rings. The van der Waals surface area contributed by atoms with E-state index in [1.807, 2.05) is 7.05 Å². The molecule has 17 heavy (non-hydrogen) atoms. The predicted molar refractivity (Wildman–Crippen MR) is 71.2 cm³/mol. The molecule has 4 heteroatoms. The molecule has 1 aromatic heterocycles. The van der Waals surface area contributed by atoms with Gasteiger partial charge in [0.15, 0.2) is 0 Å². The maximum Gasteiger partial charge on any atom is 0.236 e. The molecule has 1 heterocycles. The zero-order valence-corrected chi connectivity index (χ0v) is 11.7. The second kappa shape index (κ2) is 5.94. The standard InChI is InChI=1S/C13H25N3O/c1-6-7-11-12(14)13(16(5)15-11)17-10(4)8-9(2)3/h9-10H,6-8,14H2,1-5H3. The summed E-state index contributed by atoms with van der Waals surface area (Å²) in [5.41, 5.74) is 7.71. The Morgan fingerprint density at radius 1 is 1.35 bits per heavy atom. The number of aromatic nitrogens is 2. The third-order valence-corrected chi connectivity index (χ3v) is 2.71. The van der Waals surface area contributed by atoms with E-state index in [9.17, 15) is 0 Å². The first-order valence-electron chi connectivity index (χ1n) is 6.43. The van der Waals surface area contributed by atoms with Crippen LogP contribution in [0.15, 0.2) is 0 Å². The summed E-state index contributed by atoms with van der Waals surface area (Å²) >= 11 is 0.